The molecule has 0 aromatic heterocycles. The number of β-lactam (4-membered cyclic amide) rings is 1. The van der Waals surface area contributed by atoms with E-state index in [1.54, 1.807) is 34.9 Å². The Kier molecular flexibility index (Phi) is 18.3. The molecule has 24 nitrogen and oxygen atoms in total. The Hall–Kier alpha value is -5.06. The third-order valence-corrected chi connectivity index (χ3v) is 20.9. The number of likely N-dealkylation sites (tertiary alicyclic amines) is 2. The number of carboxylic acid groups (broad SMARTS) is 3. The zero-order valence-corrected chi connectivity index (χ0v) is 48.3. The molecule has 0 bridgehead atoms. The van der Waals surface area contributed by atoms with Crippen LogP contribution in [0, 0.1) is 35.5 Å². The monoisotopic (exact) mass is 1150 g/mol. The van der Waals surface area contributed by atoms with E-state index < -0.39 is 148 Å². The van der Waals surface area contributed by atoms with Crippen molar-refractivity contribution in [2.75, 3.05) is 61.9 Å². The van der Waals surface area contributed by atoms with E-state index >= 15 is 9.59 Å². The van der Waals surface area contributed by atoms with Crippen molar-refractivity contribution in [2.45, 2.75) is 131 Å². The van der Waals surface area contributed by atoms with Gasteiger partial charge in [-0.05, 0) is 40.0 Å². The molecule has 27 heteroatoms. The highest BCUT2D eigenvalue weighted by Gasteiger charge is 2.61. The third kappa shape index (κ3) is 11.2. The van der Waals surface area contributed by atoms with Gasteiger partial charge in [0.05, 0.1) is 42.2 Å². The Balaban J connectivity index is 1.19. The van der Waals surface area contributed by atoms with Crippen LogP contribution in [0.5, 0.6) is 0 Å². The van der Waals surface area contributed by atoms with Crippen LogP contribution >= 0.6 is 35.3 Å². The summed E-state index contributed by atoms with van der Waals surface area (Å²) >= 11 is 3.61. The van der Waals surface area contributed by atoms with Crippen molar-refractivity contribution in [3.63, 3.8) is 0 Å². The molecule has 7 rings (SSSR count). The topological polar surface area (TPSA) is 331 Å². The fourth-order valence-electron chi connectivity index (χ4n) is 12.4. The third-order valence-electron chi connectivity index (χ3n) is 16.4. The summed E-state index contributed by atoms with van der Waals surface area (Å²) in [5.41, 5.74) is -0.403. The molecule has 0 aromatic rings. The Bertz CT molecular complexity index is 2570. The van der Waals surface area contributed by atoms with Gasteiger partial charge in [-0.25, -0.2) is 9.59 Å². The number of hydrogen-bond acceptors (Lipinski definition) is 18. The number of carbonyl (C=O) groups excluding carboxylic acids is 6. The average molecular weight is 1150 g/mol. The van der Waals surface area contributed by atoms with Crippen molar-refractivity contribution in [2.24, 2.45) is 35.5 Å². The van der Waals surface area contributed by atoms with Gasteiger partial charge in [0.25, 0.3) is 5.91 Å². The van der Waals surface area contributed by atoms with Crippen LogP contribution in [0.1, 0.15) is 60.8 Å². The summed E-state index contributed by atoms with van der Waals surface area (Å²) in [4.78, 5) is 132. The van der Waals surface area contributed by atoms with Crippen molar-refractivity contribution >= 4 is 88.6 Å². The first-order valence-electron chi connectivity index (χ1n) is 26.2. The summed E-state index contributed by atoms with van der Waals surface area (Å²) in [7, 11) is 9.42. The van der Waals surface area contributed by atoms with Gasteiger partial charge in [-0.3, -0.25) is 33.6 Å². The molecule has 18 atom stereocenters. The number of rotatable bonds is 19. The molecule has 432 valence electrons. The van der Waals surface area contributed by atoms with Crippen LogP contribution in [0.25, 0.3) is 0 Å². The highest BCUT2D eigenvalue weighted by atomic mass is 32.2. The summed E-state index contributed by atoms with van der Waals surface area (Å²) in [5, 5.41) is 72.1. The van der Waals surface area contributed by atoms with Gasteiger partial charge in [-0.15, -0.1) is 35.3 Å². The zero-order chi connectivity index (χ0) is 58.0. The number of aliphatic carboxylic acids is 3. The number of carbonyl (C=O) groups is 9. The van der Waals surface area contributed by atoms with E-state index in [-0.39, 0.29) is 54.2 Å². The standard InChI is InChI=1S/C51H75N9O15S3/c1-19-34(54-37(50(72)73)41(19)76-25-13-28(52-16-25)43(64)55(7)8)31(22(4)61)46(67)58-17-26(14-29(58)44(65)56(9)10)77-40-20(2)35(32(23(5)62)49(70)71)53-36(40)48(69)59-18-27(15-30(59)45(66)57(11)12)78-42-21(3)38-33(24(6)63)47(68)60(38)39(42)51(74)75/h19-35,38,52-54,61-63H,13-18H2,1-12H3,(H,70,71)(H,72,73)(H,74,75)/t19-,20-,21-,22-,23-,24-,25?,26+,27+,28+,29+,30+,31-,32-,33-,34-,35-,38-/m1/s1. The Morgan fingerprint density at radius 3 is 1.56 bits per heavy atom. The van der Waals surface area contributed by atoms with Gasteiger partial charge in [0.2, 0.25) is 29.5 Å². The summed E-state index contributed by atoms with van der Waals surface area (Å²) in [6.07, 6.45) is -3.25. The number of nitrogens with zero attached hydrogens (tertiary/aromatic N) is 6. The van der Waals surface area contributed by atoms with Crippen molar-refractivity contribution in [1.29, 1.82) is 0 Å². The van der Waals surface area contributed by atoms with Gasteiger partial charge >= 0.3 is 17.9 Å². The molecule has 1 unspecified atom stereocenters. The van der Waals surface area contributed by atoms with E-state index in [1.807, 2.05) is 0 Å². The lowest BCUT2D eigenvalue weighted by Gasteiger charge is -2.46. The maximum Gasteiger partial charge on any atom is 0.353 e. The Morgan fingerprint density at radius 2 is 1.08 bits per heavy atom. The van der Waals surface area contributed by atoms with Crippen LogP contribution in [-0.2, 0) is 43.2 Å². The van der Waals surface area contributed by atoms with Gasteiger partial charge in [-0.1, -0.05) is 20.8 Å². The normalized spacial score (nSPS) is 32.5. The summed E-state index contributed by atoms with van der Waals surface area (Å²) in [6.45, 7) is 9.68. The lowest BCUT2D eigenvalue weighted by Crippen LogP contribution is -2.63. The summed E-state index contributed by atoms with van der Waals surface area (Å²) in [5.74, 6) is -12.2. The van der Waals surface area contributed by atoms with Gasteiger partial charge in [0, 0.05) is 122 Å². The van der Waals surface area contributed by atoms with Crippen LogP contribution in [0.2, 0.25) is 0 Å². The molecule has 7 aliphatic heterocycles. The molecule has 7 aliphatic rings. The van der Waals surface area contributed by atoms with Crippen molar-refractivity contribution in [3.8, 4) is 0 Å². The number of hydrogen-bond donors (Lipinski definition) is 9. The minimum absolute atomic E-state index is 0.0375. The number of fused-ring (bicyclic) bond motifs is 1. The molecular weight excluding hydrogens is 1070 g/mol. The number of nitrogens with one attached hydrogen (secondary N) is 3. The van der Waals surface area contributed by atoms with Gasteiger partial charge < -0.3 is 76.0 Å². The van der Waals surface area contributed by atoms with E-state index in [0.717, 1.165) is 23.5 Å². The lowest BCUT2D eigenvalue weighted by atomic mass is 9.79. The Labute approximate surface area is 466 Å². The number of thioether (sulfide) groups is 3. The summed E-state index contributed by atoms with van der Waals surface area (Å²) in [6, 6.07) is -5.25. The van der Waals surface area contributed by atoms with Crippen molar-refractivity contribution in [3.05, 3.63) is 31.8 Å². The zero-order valence-electron chi connectivity index (χ0n) is 45.9. The number of carboxylic acids is 3. The number of aliphatic hydroxyl groups excluding tert-OH is 3. The number of amides is 6. The second kappa shape index (κ2) is 23.6. The maximum absolute atomic E-state index is 15.4. The first kappa shape index (κ1) is 60.6. The fraction of sp³-hybridized carbons (Fsp3) is 0.706. The van der Waals surface area contributed by atoms with Gasteiger partial charge in [0.1, 0.15) is 35.1 Å². The SMILES string of the molecule is C[C@@H](O)[C@@H](C(=O)O)[C@@H]1NC(C(=O)N2C[C@@H](SC3=C(C(=O)O)N4C(=O)[C@H]([C@@H](C)O)[C@H]4[C@H]3C)C[C@H]2C(=O)N(C)C)=C(S[C@H]2C[C@@H](C(=O)N(C)C)N(C(=O)[C@@H]([C@@H]3NC(C(=O)O)=C(SC4CN[C@H](C(=O)N(C)C)C4)[C@@H]3C)[C@@H](C)O)C2)[C@@H]1C. The summed E-state index contributed by atoms with van der Waals surface area (Å²) < 4.78 is 0. The number of aliphatic hydroxyl groups is 3. The highest BCUT2D eigenvalue weighted by molar-refractivity contribution is 8.04. The predicted molar refractivity (Wildman–Crippen MR) is 288 cm³/mol. The molecule has 7 heterocycles. The molecule has 4 fully saturated rings. The minimum atomic E-state index is -1.44. The molecule has 0 aliphatic carbocycles. The highest BCUT2D eigenvalue weighted by Crippen LogP contribution is 2.53. The maximum atomic E-state index is 15.4. The molecule has 6 amide bonds. The van der Waals surface area contributed by atoms with Crippen LogP contribution < -0.4 is 16.0 Å². The van der Waals surface area contributed by atoms with Crippen LogP contribution in [0.15, 0.2) is 31.8 Å². The molecule has 0 aromatic carbocycles. The van der Waals surface area contributed by atoms with Crippen molar-refractivity contribution < 1.29 is 73.8 Å². The quantitative estimate of drug-likeness (QED) is 0.0706. The van der Waals surface area contributed by atoms with Gasteiger partial charge in [-0.2, -0.15) is 0 Å². The molecule has 9 N–H and O–H groups in total. The average Bonchev–Trinajstić information content (AvgIpc) is 4.38. The molecule has 0 spiro atoms. The molecule has 4 saturated heterocycles. The molecule has 78 heavy (non-hydrogen) atoms. The molecule has 0 radical (unpaired) electrons. The van der Waals surface area contributed by atoms with Crippen LogP contribution in [0.4, 0.5) is 0 Å². The van der Waals surface area contributed by atoms with E-state index in [2.05, 4.69) is 16.0 Å². The second-order valence-corrected chi connectivity index (χ2v) is 26.4. The minimum Gasteiger partial charge on any atom is -0.481 e. The molecule has 0 saturated carbocycles. The van der Waals surface area contributed by atoms with Crippen molar-refractivity contribution in [1.82, 2.24) is 45.3 Å². The van der Waals surface area contributed by atoms with Crippen LogP contribution in [-0.4, -0.2) is 246 Å². The molecular formula is C51H75N9O15S3. The second-order valence-electron chi connectivity index (χ2n) is 22.4. The van der Waals surface area contributed by atoms with Gasteiger partial charge in [0.15, 0.2) is 0 Å². The van der Waals surface area contributed by atoms with Crippen LogP contribution in [0.3, 0.4) is 0 Å². The lowest BCUT2D eigenvalue weighted by molar-refractivity contribution is -0.163. The first-order valence-corrected chi connectivity index (χ1v) is 28.9. The first-order chi connectivity index (χ1) is 36.4. The van der Waals surface area contributed by atoms with E-state index in [4.69, 9.17) is 0 Å². The van der Waals surface area contributed by atoms with E-state index in [1.165, 1.54) is 90.1 Å². The predicted octanol–water partition coefficient (Wildman–Crippen LogP) is -0.924. The fourth-order valence-corrected chi connectivity index (χ4v) is 16.9. The smallest absolute Gasteiger partial charge is 0.353 e. The van der Waals surface area contributed by atoms with E-state index in [0.29, 0.717) is 27.7 Å². The largest absolute Gasteiger partial charge is 0.481 e. The number of likely N-dealkylation sites (N-methyl/N-ethyl adjacent to an activating group) is 3. The Morgan fingerprint density at radius 1 is 0.603 bits per heavy atom. The van der Waals surface area contributed by atoms with E-state index in [9.17, 15) is 64.2 Å².